The predicted molar refractivity (Wildman–Crippen MR) is 60.9 cm³/mol. The van der Waals surface area contributed by atoms with Gasteiger partial charge in [-0.2, -0.15) is 0 Å². The normalized spacial score (nSPS) is 9.20. The number of thiocarbonyl (C=S) groups is 1. The third kappa shape index (κ3) is 2.42. The molecule has 0 heterocycles. The zero-order valence-electron chi connectivity index (χ0n) is 8.03. The molecule has 1 rings (SSSR count). The van der Waals surface area contributed by atoms with E-state index < -0.39 is 5.91 Å². The van der Waals surface area contributed by atoms with Gasteiger partial charge in [0.1, 0.15) is 16.8 Å². The SMILES string of the molecule is COc1cccc(N[C]=S)c1C(=O)NN. The Morgan fingerprint density at radius 2 is 2.33 bits per heavy atom. The van der Waals surface area contributed by atoms with E-state index in [4.69, 9.17) is 10.6 Å². The van der Waals surface area contributed by atoms with Crippen LogP contribution in [0.5, 0.6) is 5.75 Å². The van der Waals surface area contributed by atoms with E-state index in [1.807, 2.05) is 5.43 Å². The lowest BCUT2D eigenvalue weighted by Gasteiger charge is -2.11. The van der Waals surface area contributed by atoms with Gasteiger partial charge >= 0.3 is 0 Å². The molecule has 15 heavy (non-hydrogen) atoms. The molecule has 1 aromatic carbocycles. The lowest BCUT2D eigenvalue weighted by Crippen LogP contribution is -2.31. The van der Waals surface area contributed by atoms with Crippen molar-refractivity contribution in [1.82, 2.24) is 5.43 Å². The van der Waals surface area contributed by atoms with Crippen molar-refractivity contribution in [2.24, 2.45) is 5.84 Å². The van der Waals surface area contributed by atoms with Gasteiger partial charge in [0, 0.05) is 0 Å². The summed E-state index contributed by atoms with van der Waals surface area (Å²) in [5.41, 5.74) is 5.13. The quantitative estimate of drug-likeness (QED) is 0.229. The molecule has 1 aromatic rings. The molecular formula is C9H10N3O2S. The maximum Gasteiger partial charge on any atom is 0.271 e. The first kappa shape index (κ1) is 11.4. The molecule has 1 radical (unpaired) electrons. The lowest BCUT2D eigenvalue weighted by molar-refractivity contribution is 0.0951. The van der Waals surface area contributed by atoms with Gasteiger partial charge in [0.05, 0.1) is 12.8 Å². The number of hydrogen-bond donors (Lipinski definition) is 3. The standard InChI is InChI=1S/C9H10N3O2S/c1-14-7-4-2-3-6(11-5-15)8(7)9(13)12-10/h2-4H,10H2,1H3,(H,11,15)(H,12,13). The number of ether oxygens (including phenoxy) is 1. The summed E-state index contributed by atoms with van der Waals surface area (Å²) in [6.07, 6.45) is 0. The number of methoxy groups -OCH3 is 1. The second-order valence-corrected chi connectivity index (χ2v) is 2.79. The largest absolute Gasteiger partial charge is 0.496 e. The molecule has 0 unspecified atom stereocenters. The molecule has 0 aromatic heterocycles. The Labute approximate surface area is 92.6 Å². The highest BCUT2D eigenvalue weighted by molar-refractivity contribution is 7.79. The van der Waals surface area contributed by atoms with E-state index in [9.17, 15) is 4.79 Å². The maximum atomic E-state index is 11.5. The molecule has 1 amide bonds. The highest BCUT2D eigenvalue weighted by atomic mass is 32.1. The van der Waals surface area contributed by atoms with Crippen molar-refractivity contribution >= 4 is 29.3 Å². The predicted octanol–water partition coefficient (Wildman–Crippen LogP) is 0.545. The molecule has 6 heteroatoms. The number of carbonyl (C=O) groups is 1. The summed E-state index contributed by atoms with van der Waals surface area (Å²) in [6, 6.07) is 5.05. The van der Waals surface area contributed by atoms with Crippen LogP contribution >= 0.6 is 12.2 Å². The van der Waals surface area contributed by atoms with Gasteiger partial charge in [-0.15, -0.1) is 0 Å². The molecule has 0 spiro atoms. The molecule has 0 aliphatic heterocycles. The van der Waals surface area contributed by atoms with Crippen LogP contribution in [0.2, 0.25) is 0 Å². The van der Waals surface area contributed by atoms with E-state index in [0.29, 0.717) is 17.0 Å². The van der Waals surface area contributed by atoms with Gasteiger partial charge in [-0.3, -0.25) is 10.2 Å². The highest BCUT2D eigenvalue weighted by Gasteiger charge is 2.15. The molecule has 5 nitrogen and oxygen atoms in total. The summed E-state index contributed by atoms with van der Waals surface area (Å²) < 4.78 is 5.04. The van der Waals surface area contributed by atoms with E-state index in [-0.39, 0.29) is 0 Å². The third-order valence-electron chi connectivity index (χ3n) is 1.79. The fourth-order valence-electron chi connectivity index (χ4n) is 1.17. The van der Waals surface area contributed by atoms with Gasteiger partial charge in [0.15, 0.2) is 0 Å². The summed E-state index contributed by atoms with van der Waals surface area (Å²) in [7, 11) is 1.47. The van der Waals surface area contributed by atoms with Gasteiger partial charge in [0.25, 0.3) is 5.91 Å². The van der Waals surface area contributed by atoms with Gasteiger partial charge in [-0.05, 0) is 12.1 Å². The molecule has 0 aliphatic rings. The Balaban J connectivity index is 3.25. The van der Waals surface area contributed by atoms with Crippen LogP contribution in [0.25, 0.3) is 0 Å². The first-order chi connectivity index (χ1) is 7.24. The summed E-state index contributed by atoms with van der Waals surface area (Å²) >= 11 is 4.53. The van der Waals surface area contributed by atoms with Crippen LogP contribution in [-0.4, -0.2) is 18.5 Å². The monoisotopic (exact) mass is 224 g/mol. The van der Waals surface area contributed by atoms with Crippen LogP contribution in [0.1, 0.15) is 10.4 Å². The number of hydrazine groups is 1. The third-order valence-corrected chi connectivity index (χ3v) is 1.89. The molecule has 0 saturated heterocycles. The van der Waals surface area contributed by atoms with Gasteiger partial charge < -0.3 is 10.1 Å². The number of hydrogen-bond acceptors (Lipinski definition) is 4. The molecule has 79 valence electrons. The van der Waals surface area contributed by atoms with Crippen molar-refractivity contribution in [2.45, 2.75) is 0 Å². The minimum atomic E-state index is -0.458. The van der Waals surface area contributed by atoms with Crippen molar-refractivity contribution in [3.05, 3.63) is 23.8 Å². The zero-order valence-corrected chi connectivity index (χ0v) is 8.85. The van der Waals surface area contributed by atoms with E-state index in [1.165, 1.54) is 7.11 Å². The van der Waals surface area contributed by atoms with Gasteiger partial charge in [-0.25, -0.2) is 5.84 Å². The number of benzene rings is 1. The van der Waals surface area contributed by atoms with E-state index in [2.05, 4.69) is 23.0 Å². The summed E-state index contributed by atoms with van der Waals surface area (Å²) in [5, 5.41) is 2.63. The van der Waals surface area contributed by atoms with Crippen molar-refractivity contribution in [3.8, 4) is 5.75 Å². The fourth-order valence-corrected chi connectivity index (χ4v) is 1.28. The molecule has 4 N–H and O–H groups in total. The minimum absolute atomic E-state index is 0.292. The number of amides is 1. The molecule has 0 aliphatic carbocycles. The number of nitrogens with one attached hydrogen (secondary N) is 2. The molecule has 0 bridgehead atoms. The number of nitrogens with two attached hydrogens (primary N) is 1. The topological polar surface area (TPSA) is 76.4 Å². The first-order valence-electron chi connectivity index (χ1n) is 4.05. The van der Waals surface area contributed by atoms with Crippen molar-refractivity contribution in [3.63, 3.8) is 0 Å². The number of anilines is 1. The van der Waals surface area contributed by atoms with Crippen molar-refractivity contribution < 1.29 is 9.53 Å². The lowest BCUT2D eigenvalue weighted by atomic mass is 10.1. The smallest absolute Gasteiger partial charge is 0.271 e. The Bertz CT molecular complexity index is 382. The highest BCUT2D eigenvalue weighted by Crippen LogP contribution is 2.25. The zero-order chi connectivity index (χ0) is 11.3. The maximum absolute atomic E-state index is 11.5. The van der Waals surface area contributed by atoms with E-state index >= 15 is 0 Å². The minimum Gasteiger partial charge on any atom is -0.496 e. The molecule has 0 atom stereocenters. The van der Waals surface area contributed by atoms with Crippen LogP contribution in [0.15, 0.2) is 18.2 Å². The summed E-state index contributed by atoms with van der Waals surface area (Å²) in [4.78, 5) is 11.5. The van der Waals surface area contributed by atoms with Gasteiger partial charge in [-0.1, -0.05) is 18.3 Å². The number of nitrogen functional groups attached to an aromatic ring is 1. The van der Waals surface area contributed by atoms with Crippen molar-refractivity contribution in [1.29, 1.82) is 0 Å². The second-order valence-electron chi connectivity index (χ2n) is 2.58. The van der Waals surface area contributed by atoms with Crippen LogP contribution < -0.4 is 21.3 Å². The van der Waals surface area contributed by atoms with Gasteiger partial charge in [0.2, 0.25) is 0 Å². The fraction of sp³-hybridized carbons (Fsp3) is 0.111. The van der Waals surface area contributed by atoms with Crippen LogP contribution in [0.3, 0.4) is 0 Å². The molecular weight excluding hydrogens is 214 g/mol. The van der Waals surface area contributed by atoms with Crippen LogP contribution in [-0.2, 0) is 0 Å². The first-order valence-corrected chi connectivity index (χ1v) is 4.46. The van der Waals surface area contributed by atoms with Crippen molar-refractivity contribution in [2.75, 3.05) is 12.4 Å². The van der Waals surface area contributed by atoms with E-state index in [0.717, 1.165) is 0 Å². The Hall–Kier alpha value is -1.66. The number of rotatable bonds is 4. The average molecular weight is 224 g/mol. The average Bonchev–Trinajstić information content (AvgIpc) is 2.28. The van der Waals surface area contributed by atoms with E-state index in [1.54, 1.807) is 18.2 Å². The molecule has 0 saturated carbocycles. The van der Waals surface area contributed by atoms with Crippen LogP contribution in [0, 0.1) is 0 Å². The Morgan fingerprint density at radius 1 is 1.60 bits per heavy atom. The second kappa shape index (κ2) is 5.28. The molecule has 0 fully saturated rings. The summed E-state index contributed by atoms with van der Waals surface area (Å²) in [6.45, 7) is 0. The Kier molecular flexibility index (Phi) is 4.02. The Morgan fingerprint density at radius 3 is 2.87 bits per heavy atom. The van der Waals surface area contributed by atoms with Crippen LogP contribution in [0.4, 0.5) is 5.69 Å². The number of carbonyl (C=O) groups excluding carboxylic acids is 1. The summed E-state index contributed by atoms with van der Waals surface area (Å²) in [5.74, 6) is 5.02.